The first-order valence-electron chi connectivity index (χ1n) is 6.10. The van der Waals surface area contributed by atoms with Crippen molar-refractivity contribution in [3.8, 4) is 0 Å². The summed E-state index contributed by atoms with van der Waals surface area (Å²) in [6.45, 7) is 7.34. The Labute approximate surface area is 118 Å². The molecule has 0 aliphatic carbocycles. The normalized spacial score (nSPS) is 12.7. The summed E-state index contributed by atoms with van der Waals surface area (Å²) < 4.78 is 0.852. The lowest BCUT2D eigenvalue weighted by atomic mass is 10.1. The van der Waals surface area contributed by atoms with E-state index in [1.165, 1.54) is 21.6 Å². The Morgan fingerprint density at radius 1 is 1.17 bits per heavy atom. The van der Waals surface area contributed by atoms with E-state index >= 15 is 0 Å². The van der Waals surface area contributed by atoms with Gasteiger partial charge in [0, 0.05) is 17.5 Å². The van der Waals surface area contributed by atoms with Crippen molar-refractivity contribution in [1.29, 1.82) is 0 Å². The lowest BCUT2D eigenvalue weighted by molar-refractivity contribution is 0.582. The molecule has 0 amide bonds. The summed E-state index contributed by atoms with van der Waals surface area (Å²) >= 11 is 7.59. The minimum absolute atomic E-state index is 0.336. The molecule has 0 saturated carbocycles. The summed E-state index contributed by atoms with van der Waals surface area (Å²) in [5.41, 5.74) is 3.97. The van der Waals surface area contributed by atoms with Crippen molar-refractivity contribution in [3.05, 3.63) is 56.2 Å². The molecule has 18 heavy (non-hydrogen) atoms. The van der Waals surface area contributed by atoms with Gasteiger partial charge in [-0.05, 0) is 38.5 Å². The van der Waals surface area contributed by atoms with E-state index in [4.69, 9.17) is 11.6 Å². The molecule has 0 bridgehead atoms. The summed E-state index contributed by atoms with van der Waals surface area (Å²) in [6, 6.07) is 11.0. The molecular weight excluding hydrogens is 262 g/mol. The van der Waals surface area contributed by atoms with E-state index in [-0.39, 0.29) is 0 Å². The molecule has 1 N–H and O–H groups in total. The highest BCUT2D eigenvalue weighted by Gasteiger charge is 2.07. The molecule has 2 rings (SSSR count). The average Bonchev–Trinajstić information content (AvgIpc) is 2.71. The van der Waals surface area contributed by atoms with Crippen molar-refractivity contribution in [2.75, 3.05) is 0 Å². The average molecular weight is 280 g/mol. The van der Waals surface area contributed by atoms with Crippen molar-refractivity contribution < 1.29 is 0 Å². The number of hydrogen-bond donors (Lipinski definition) is 1. The van der Waals surface area contributed by atoms with E-state index < -0.39 is 0 Å². The lowest BCUT2D eigenvalue weighted by Crippen LogP contribution is -2.17. The molecule has 0 aliphatic rings. The topological polar surface area (TPSA) is 12.0 Å². The number of nitrogens with one attached hydrogen (secondary N) is 1. The number of rotatable bonds is 4. The SMILES string of the molecule is Cc1cc(C)cc(CNC(C)c2ccc(Cl)s2)c1. The highest BCUT2D eigenvalue weighted by Crippen LogP contribution is 2.26. The van der Waals surface area contributed by atoms with Gasteiger partial charge in [0.05, 0.1) is 4.34 Å². The van der Waals surface area contributed by atoms with Gasteiger partial charge in [0.1, 0.15) is 0 Å². The molecule has 0 spiro atoms. The fourth-order valence-electron chi connectivity index (χ4n) is 2.10. The van der Waals surface area contributed by atoms with Crippen LogP contribution in [0.3, 0.4) is 0 Å². The summed E-state index contributed by atoms with van der Waals surface area (Å²) in [4.78, 5) is 1.28. The molecule has 1 unspecified atom stereocenters. The van der Waals surface area contributed by atoms with Gasteiger partial charge in [-0.1, -0.05) is 40.9 Å². The predicted molar refractivity (Wildman–Crippen MR) is 80.5 cm³/mol. The Balaban J connectivity index is 1.99. The number of hydrogen-bond acceptors (Lipinski definition) is 2. The molecule has 1 nitrogen and oxygen atoms in total. The van der Waals surface area contributed by atoms with E-state index in [2.05, 4.69) is 50.4 Å². The quantitative estimate of drug-likeness (QED) is 0.842. The van der Waals surface area contributed by atoms with Crippen LogP contribution < -0.4 is 5.32 Å². The Morgan fingerprint density at radius 3 is 2.39 bits per heavy atom. The van der Waals surface area contributed by atoms with Crippen LogP contribution in [0.1, 0.15) is 34.5 Å². The molecule has 0 saturated heterocycles. The third-order valence-electron chi connectivity index (χ3n) is 2.91. The second kappa shape index (κ2) is 5.87. The largest absolute Gasteiger partial charge is 0.305 e. The molecule has 2 aromatic rings. The molecule has 0 radical (unpaired) electrons. The van der Waals surface area contributed by atoms with Gasteiger partial charge < -0.3 is 5.32 Å². The molecular formula is C15H18ClNS. The summed E-state index contributed by atoms with van der Waals surface area (Å²) in [6.07, 6.45) is 0. The van der Waals surface area contributed by atoms with E-state index in [1.807, 2.05) is 6.07 Å². The van der Waals surface area contributed by atoms with Crippen molar-refractivity contribution >= 4 is 22.9 Å². The molecule has 3 heteroatoms. The second-order valence-electron chi connectivity index (χ2n) is 4.74. The zero-order valence-corrected chi connectivity index (χ0v) is 12.5. The van der Waals surface area contributed by atoms with Gasteiger partial charge in [-0.25, -0.2) is 0 Å². The van der Waals surface area contributed by atoms with Crippen LogP contribution >= 0.6 is 22.9 Å². The van der Waals surface area contributed by atoms with Gasteiger partial charge in [0.25, 0.3) is 0 Å². The summed E-state index contributed by atoms with van der Waals surface area (Å²) in [7, 11) is 0. The van der Waals surface area contributed by atoms with E-state index in [9.17, 15) is 0 Å². The van der Waals surface area contributed by atoms with Crippen molar-refractivity contribution in [3.63, 3.8) is 0 Å². The van der Waals surface area contributed by atoms with Crippen LogP contribution in [0.2, 0.25) is 4.34 Å². The smallest absolute Gasteiger partial charge is 0.0931 e. The van der Waals surface area contributed by atoms with E-state index in [1.54, 1.807) is 11.3 Å². The van der Waals surface area contributed by atoms with Gasteiger partial charge in [-0.15, -0.1) is 11.3 Å². The lowest BCUT2D eigenvalue weighted by Gasteiger charge is -2.13. The first kappa shape index (κ1) is 13.6. The standard InChI is InChI=1S/C15H18ClNS/c1-10-6-11(2)8-13(7-10)9-17-12(3)14-4-5-15(16)18-14/h4-8,12,17H,9H2,1-3H3. The van der Waals surface area contributed by atoms with Crippen LogP contribution in [0, 0.1) is 13.8 Å². The first-order chi connectivity index (χ1) is 8.54. The second-order valence-corrected chi connectivity index (χ2v) is 6.49. The molecule has 1 aromatic heterocycles. The van der Waals surface area contributed by atoms with Crippen LogP contribution in [0.15, 0.2) is 30.3 Å². The summed E-state index contributed by atoms with van der Waals surface area (Å²) in [5.74, 6) is 0. The van der Waals surface area contributed by atoms with Gasteiger partial charge in [-0.2, -0.15) is 0 Å². The highest BCUT2D eigenvalue weighted by molar-refractivity contribution is 7.16. The van der Waals surface area contributed by atoms with Crippen LogP contribution in [0.4, 0.5) is 0 Å². The van der Waals surface area contributed by atoms with Crippen molar-refractivity contribution in [2.24, 2.45) is 0 Å². The molecule has 1 aromatic carbocycles. The monoisotopic (exact) mass is 279 g/mol. The van der Waals surface area contributed by atoms with Crippen LogP contribution in [-0.2, 0) is 6.54 Å². The number of benzene rings is 1. The fourth-order valence-corrected chi connectivity index (χ4v) is 3.19. The van der Waals surface area contributed by atoms with Crippen LogP contribution in [0.5, 0.6) is 0 Å². The maximum absolute atomic E-state index is 5.95. The van der Waals surface area contributed by atoms with Gasteiger partial charge in [0.15, 0.2) is 0 Å². The van der Waals surface area contributed by atoms with E-state index in [0.29, 0.717) is 6.04 Å². The maximum atomic E-state index is 5.95. The predicted octanol–water partition coefficient (Wildman–Crippen LogP) is 4.87. The van der Waals surface area contributed by atoms with Crippen LogP contribution in [0.25, 0.3) is 0 Å². The first-order valence-corrected chi connectivity index (χ1v) is 7.30. The van der Waals surface area contributed by atoms with Crippen molar-refractivity contribution in [2.45, 2.75) is 33.4 Å². The molecule has 0 aliphatic heterocycles. The number of aryl methyl sites for hydroxylation is 2. The third-order valence-corrected chi connectivity index (χ3v) is 4.33. The van der Waals surface area contributed by atoms with E-state index in [0.717, 1.165) is 10.9 Å². The Morgan fingerprint density at radius 2 is 1.83 bits per heavy atom. The van der Waals surface area contributed by atoms with Crippen molar-refractivity contribution in [1.82, 2.24) is 5.32 Å². The van der Waals surface area contributed by atoms with Gasteiger partial charge >= 0.3 is 0 Å². The van der Waals surface area contributed by atoms with Gasteiger partial charge in [0.2, 0.25) is 0 Å². The molecule has 1 atom stereocenters. The van der Waals surface area contributed by atoms with Gasteiger partial charge in [-0.3, -0.25) is 0 Å². The zero-order chi connectivity index (χ0) is 13.1. The zero-order valence-electron chi connectivity index (χ0n) is 11.0. The maximum Gasteiger partial charge on any atom is 0.0931 e. The number of thiophene rings is 1. The minimum atomic E-state index is 0.336. The Kier molecular flexibility index (Phi) is 4.44. The summed E-state index contributed by atoms with van der Waals surface area (Å²) in [5, 5.41) is 3.53. The molecule has 0 fully saturated rings. The minimum Gasteiger partial charge on any atom is -0.305 e. The number of halogens is 1. The molecule has 1 heterocycles. The Hall–Kier alpha value is -0.830. The highest BCUT2D eigenvalue weighted by atomic mass is 35.5. The van der Waals surface area contributed by atoms with Crippen LogP contribution in [-0.4, -0.2) is 0 Å². The Bertz CT molecular complexity index is 513. The third kappa shape index (κ3) is 3.58. The molecule has 96 valence electrons. The fraction of sp³-hybridized carbons (Fsp3) is 0.333.